The average Bonchev–Trinajstić information content (AvgIpc) is 3.01. The highest BCUT2D eigenvalue weighted by atomic mass is 15.1. The number of hydrogen-bond acceptors (Lipinski definition) is 4. The van der Waals surface area contributed by atoms with Crippen molar-refractivity contribution in [2.24, 2.45) is 4.99 Å². The Morgan fingerprint density at radius 3 is 2.32 bits per heavy atom. The van der Waals surface area contributed by atoms with Gasteiger partial charge in [0.2, 0.25) is 0 Å². The summed E-state index contributed by atoms with van der Waals surface area (Å²) in [6.45, 7) is 0. The molecule has 1 aliphatic carbocycles. The van der Waals surface area contributed by atoms with Crippen LogP contribution in [-0.2, 0) is 0 Å². The molecule has 2 aromatic heterocycles. The number of amidine groups is 1. The normalized spacial score (nSPS) is 18.6. The van der Waals surface area contributed by atoms with Crippen molar-refractivity contribution in [3.8, 4) is 0 Å². The molecule has 3 aromatic carbocycles. The van der Waals surface area contributed by atoms with Gasteiger partial charge in [0, 0.05) is 41.7 Å². The SMILES string of the molecule is C1=C(C2=NC(c3ccccc3)c3ccc4ccccc4c3N2)CC(c2cccnc2)C=C1c1cccnc1. The van der Waals surface area contributed by atoms with Crippen molar-refractivity contribution in [3.05, 3.63) is 156 Å². The van der Waals surface area contributed by atoms with Gasteiger partial charge in [-0.3, -0.25) is 15.0 Å². The standard InChI is InChI=1S/C34H26N4/c1-2-9-24(10-3-1)32-31-15-14-23-8-4-5-13-30(23)33(31)38-34(37-32)29-19-27(25-11-6-16-35-21-25)18-28(20-29)26-12-7-17-36-22-26/h1-19,21-22,28,32H,20H2,(H,37,38). The summed E-state index contributed by atoms with van der Waals surface area (Å²) in [5.74, 6) is 1.11. The van der Waals surface area contributed by atoms with E-state index in [0.717, 1.165) is 29.1 Å². The molecule has 2 atom stereocenters. The smallest absolute Gasteiger partial charge is 0.129 e. The molecule has 7 rings (SSSR count). The van der Waals surface area contributed by atoms with Crippen LogP contribution in [0.5, 0.6) is 0 Å². The summed E-state index contributed by atoms with van der Waals surface area (Å²) in [6.07, 6.45) is 13.0. The van der Waals surface area contributed by atoms with Gasteiger partial charge in [0.25, 0.3) is 0 Å². The van der Waals surface area contributed by atoms with Gasteiger partial charge in [-0.05, 0) is 57.9 Å². The van der Waals surface area contributed by atoms with Gasteiger partial charge in [-0.2, -0.15) is 0 Å². The van der Waals surface area contributed by atoms with E-state index in [1.54, 1.807) is 0 Å². The average molecular weight is 491 g/mol. The summed E-state index contributed by atoms with van der Waals surface area (Å²) in [7, 11) is 0. The second-order valence-electron chi connectivity index (χ2n) is 9.80. The topological polar surface area (TPSA) is 50.2 Å². The quantitative estimate of drug-likeness (QED) is 0.280. The second-order valence-corrected chi connectivity index (χ2v) is 9.80. The monoisotopic (exact) mass is 490 g/mol. The van der Waals surface area contributed by atoms with Crippen LogP contribution in [0.15, 0.2) is 139 Å². The highest BCUT2D eigenvalue weighted by molar-refractivity contribution is 6.15. The number of benzene rings is 3. The van der Waals surface area contributed by atoms with Crippen LogP contribution in [-0.4, -0.2) is 15.8 Å². The number of allylic oxidation sites excluding steroid dienone is 3. The maximum Gasteiger partial charge on any atom is 0.129 e. The Labute approximate surface area is 222 Å². The van der Waals surface area contributed by atoms with Crippen LogP contribution in [0.3, 0.4) is 0 Å². The lowest BCUT2D eigenvalue weighted by Gasteiger charge is -2.30. The van der Waals surface area contributed by atoms with Gasteiger partial charge >= 0.3 is 0 Å². The van der Waals surface area contributed by atoms with E-state index >= 15 is 0 Å². The third-order valence-electron chi connectivity index (χ3n) is 7.43. The van der Waals surface area contributed by atoms with Crippen LogP contribution in [0.1, 0.15) is 40.6 Å². The summed E-state index contributed by atoms with van der Waals surface area (Å²) in [5.41, 5.74) is 8.14. The number of nitrogens with zero attached hydrogens (tertiary/aromatic N) is 3. The lowest BCUT2D eigenvalue weighted by Crippen LogP contribution is -2.25. The number of aromatic nitrogens is 2. The largest absolute Gasteiger partial charge is 0.339 e. The fraction of sp³-hybridized carbons (Fsp3) is 0.0882. The molecule has 182 valence electrons. The van der Waals surface area contributed by atoms with Crippen molar-refractivity contribution < 1.29 is 0 Å². The Morgan fingerprint density at radius 2 is 1.50 bits per heavy atom. The van der Waals surface area contributed by atoms with E-state index in [1.165, 1.54) is 33.0 Å². The molecule has 1 aliphatic heterocycles. The van der Waals surface area contributed by atoms with Crippen molar-refractivity contribution in [1.82, 2.24) is 9.97 Å². The number of hydrogen-bond donors (Lipinski definition) is 1. The molecular formula is C34H26N4. The first-order valence-electron chi connectivity index (χ1n) is 13.0. The van der Waals surface area contributed by atoms with Gasteiger partial charge in [-0.15, -0.1) is 0 Å². The van der Waals surface area contributed by atoms with Crippen LogP contribution in [0.2, 0.25) is 0 Å². The predicted molar refractivity (Wildman–Crippen MR) is 155 cm³/mol. The van der Waals surface area contributed by atoms with Gasteiger partial charge in [-0.1, -0.05) is 84.9 Å². The number of nitrogens with one attached hydrogen (secondary N) is 1. The van der Waals surface area contributed by atoms with Crippen molar-refractivity contribution in [3.63, 3.8) is 0 Å². The maximum absolute atomic E-state index is 5.36. The minimum atomic E-state index is -0.0856. The molecule has 3 heterocycles. The fourth-order valence-electron chi connectivity index (χ4n) is 5.55. The molecule has 4 heteroatoms. The Morgan fingerprint density at radius 1 is 0.711 bits per heavy atom. The Hall–Kier alpha value is -4.83. The zero-order valence-corrected chi connectivity index (χ0v) is 20.8. The van der Waals surface area contributed by atoms with Gasteiger partial charge in [0.05, 0.1) is 5.69 Å². The van der Waals surface area contributed by atoms with Crippen molar-refractivity contribution in [2.75, 3.05) is 5.32 Å². The fourth-order valence-corrected chi connectivity index (χ4v) is 5.55. The van der Waals surface area contributed by atoms with E-state index in [-0.39, 0.29) is 12.0 Å². The number of rotatable bonds is 4. The van der Waals surface area contributed by atoms with Crippen molar-refractivity contribution >= 4 is 27.9 Å². The summed E-state index contributed by atoms with van der Waals surface area (Å²) in [5, 5.41) is 6.20. The van der Waals surface area contributed by atoms with Gasteiger partial charge in [0.15, 0.2) is 0 Å². The molecule has 38 heavy (non-hydrogen) atoms. The molecule has 2 unspecified atom stereocenters. The molecule has 0 amide bonds. The predicted octanol–water partition coefficient (Wildman–Crippen LogP) is 7.74. The molecule has 0 spiro atoms. The summed E-state index contributed by atoms with van der Waals surface area (Å²) >= 11 is 0. The second kappa shape index (κ2) is 9.56. The number of aliphatic imine (C=N–C) groups is 1. The minimum Gasteiger partial charge on any atom is -0.339 e. The molecule has 1 N–H and O–H groups in total. The first-order chi connectivity index (χ1) is 18.8. The van der Waals surface area contributed by atoms with Gasteiger partial charge in [0.1, 0.15) is 11.9 Å². The van der Waals surface area contributed by atoms with Crippen molar-refractivity contribution in [1.29, 1.82) is 0 Å². The number of fused-ring (bicyclic) bond motifs is 3. The van der Waals surface area contributed by atoms with Gasteiger partial charge in [-0.25, -0.2) is 0 Å². The summed E-state index contributed by atoms with van der Waals surface area (Å²) in [4.78, 5) is 14.1. The minimum absolute atomic E-state index is 0.0856. The maximum atomic E-state index is 5.36. The number of anilines is 1. The zero-order valence-electron chi connectivity index (χ0n) is 20.8. The van der Waals surface area contributed by atoms with E-state index in [4.69, 9.17) is 4.99 Å². The van der Waals surface area contributed by atoms with Crippen LogP contribution < -0.4 is 5.32 Å². The first kappa shape index (κ1) is 22.4. The molecule has 0 fully saturated rings. The molecule has 0 saturated heterocycles. The first-order valence-corrected chi connectivity index (χ1v) is 13.0. The van der Waals surface area contributed by atoms with E-state index < -0.39 is 0 Å². The highest BCUT2D eigenvalue weighted by Gasteiger charge is 2.28. The van der Waals surface area contributed by atoms with E-state index in [2.05, 4.69) is 106 Å². The van der Waals surface area contributed by atoms with Crippen LogP contribution in [0, 0.1) is 0 Å². The molecule has 5 aromatic rings. The molecule has 0 saturated carbocycles. The highest BCUT2D eigenvalue weighted by Crippen LogP contribution is 2.42. The summed E-state index contributed by atoms with van der Waals surface area (Å²) < 4.78 is 0. The molecule has 0 bridgehead atoms. The Kier molecular flexibility index (Phi) is 5.63. The molecular weight excluding hydrogens is 464 g/mol. The van der Waals surface area contributed by atoms with Gasteiger partial charge < -0.3 is 5.32 Å². The van der Waals surface area contributed by atoms with Crippen LogP contribution in [0.4, 0.5) is 5.69 Å². The summed E-state index contributed by atoms with van der Waals surface area (Å²) in [6, 6.07) is 31.8. The molecule has 2 aliphatic rings. The lowest BCUT2D eigenvalue weighted by molar-refractivity contribution is 0.818. The zero-order chi connectivity index (χ0) is 25.3. The third-order valence-corrected chi connectivity index (χ3v) is 7.43. The van der Waals surface area contributed by atoms with E-state index in [9.17, 15) is 0 Å². The molecule has 0 radical (unpaired) electrons. The lowest BCUT2D eigenvalue weighted by atomic mass is 9.83. The van der Waals surface area contributed by atoms with E-state index in [1.807, 2.05) is 36.9 Å². The van der Waals surface area contributed by atoms with Crippen molar-refractivity contribution in [2.45, 2.75) is 18.4 Å². The Balaban J connectivity index is 1.38. The number of pyridine rings is 2. The van der Waals surface area contributed by atoms with Crippen LogP contribution in [0.25, 0.3) is 16.3 Å². The third kappa shape index (κ3) is 4.10. The van der Waals surface area contributed by atoms with E-state index in [0.29, 0.717) is 0 Å². The Bertz CT molecular complexity index is 1700. The molecule has 4 nitrogen and oxygen atoms in total. The van der Waals surface area contributed by atoms with Crippen LogP contribution >= 0.6 is 0 Å².